The summed E-state index contributed by atoms with van der Waals surface area (Å²) >= 11 is 7.46. The first-order valence-corrected chi connectivity index (χ1v) is 9.57. The average Bonchev–Trinajstić information content (AvgIpc) is 3.13. The highest BCUT2D eigenvalue weighted by atomic mass is 35.5. The molecule has 0 N–H and O–H groups in total. The number of nitrogens with zero attached hydrogens (tertiary/aromatic N) is 1. The van der Waals surface area contributed by atoms with Crippen molar-refractivity contribution in [1.29, 1.82) is 0 Å². The summed E-state index contributed by atoms with van der Waals surface area (Å²) in [5.41, 5.74) is 0.690. The van der Waals surface area contributed by atoms with E-state index in [2.05, 4.69) is 0 Å². The van der Waals surface area contributed by atoms with Gasteiger partial charge in [-0.15, -0.1) is 11.8 Å². The van der Waals surface area contributed by atoms with Crippen molar-refractivity contribution < 1.29 is 14.3 Å². The highest BCUT2D eigenvalue weighted by Gasteiger charge is 2.32. The van der Waals surface area contributed by atoms with Crippen LogP contribution in [0.15, 0.2) is 53.4 Å². The summed E-state index contributed by atoms with van der Waals surface area (Å²) in [5.74, 6) is 0.337. The van der Waals surface area contributed by atoms with Crippen molar-refractivity contribution in [2.24, 2.45) is 5.92 Å². The van der Waals surface area contributed by atoms with Gasteiger partial charge in [-0.3, -0.25) is 4.79 Å². The Hall–Kier alpha value is -1.98. The number of carbonyl (C=O) groups is 2. The second-order valence-corrected chi connectivity index (χ2v) is 7.16. The van der Waals surface area contributed by atoms with Gasteiger partial charge in [-0.1, -0.05) is 23.7 Å². The Morgan fingerprint density at radius 3 is 2.44 bits per heavy atom. The maximum atomic E-state index is 12.6. The van der Waals surface area contributed by atoms with E-state index in [1.807, 2.05) is 30.5 Å². The SMILES string of the molecule is CSc1ccc(C(=O)C2CCN(C(=O)Oc3ccc(Cl)cc3)C2)cc1. The number of thioether (sulfide) groups is 1. The van der Waals surface area contributed by atoms with E-state index >= 15 is 0 Å². The first-order chi connectivity index (χ1) is 12.1. The summed E-state index contributed by atoms with van der Waals surface area (Å²) < 4.78 is 5.33. The van der Waals surface area contributed by atoms with E-state index in [4.69, 9.17) is 16.3 Å². The van der Waals surface area contributed by atoms with Crippen LogP contribution in [-0.2, 0) is 0 Å². The van der Waals surface area contributed by atoms with E-state index in [1.165, 1.54) is 0 Å². The van der Waals surface area contributed by atoms with Gasteiger partial charge in [0.05, 0.1) is 0 Å². The molecule has 4 nitrogen and oxygen atoms in total. The number of hydrogen-bond donors (Lipinski definition) is 0. The highest BCUT2D eigenvalue weighted by molar-refractivity contribution is 7.98. The van der Waals surface area contributed by atoms with Crippen molar-refractivity contribution in [3.8, 4) is 5.75 Å². The van der Waals surface area contributed by atoms with E-state index in [0.29, 0.717) is 35.8 Å². The highest BCUT2D eigenvalue weighted by Crippen LogP contribution is 2.24. The molecule has 6 heteroatoms. The minimum atomic E-state index is -0.435. The molecule has 0 radical (unpaired) electrons. The van der Waals surface area contributed by atoms with Gasteiger partial charge in [0.25, 0.3) is 0 Å². The number of carbonyl (C=O) groups excluding carboxylic acids is 2. The number of likely N-dealkylation sites (tertiary alicyclic amines) is 1. The van der Waals surface area contributed by atoms with E-state index in [0.717, 1.165) is 4.90 Å². The Balaban J connectivity index is 1.59. The fourth-order valence-corrected chi connectivity index (χ4v) is 3.33. The second kappa shape index (κ2) is 7.93. The molecule has 1 unspecified atom stereocenters. The van der Waals surface area contributed by atoms with E-state index in [1.54, 1.807) is 40.9 Å². The third-order valence-electron chi connectivity index (χ3n) is 4.21. The van der Waals surface area contributed by atoms with Crippen LogP contribution >= 0.6 is 23.4 Å². The maximum Gasteiger partial charge on any atom is 0.415 e. The summed E-state index contributed by atoms with van der Waals surface area (Å²) in [5, 5.41) is 0.583. The van der Waals surface area contributed by atoms with Crippen LogP contribution in [-0.4, -0.2) is 36.1 Å². The second-order valence-electron chi connectivity index (χ2n) is 5.85. The van der Waals surface area contributed by atoms with Gasteiger partial charge in [0.1, 0.15) is 5.75 Å². The number of ether oxygens (including phenoxy) is 1. The number of ketones is 1. The molecule has 0 aliphatic carbocycles. The molecule has 1 atom stereocenters. The number of hydrogen-bond acceptors (Lipinski definition) is 4. The van der Waals surface area contributed by atoms with E-state index < -0.39 is 6.09 Å². The molecule has 1 aliphatic rings. The molecular formula is C19H18ClNO3S. The normalized spacial score (nSPS) is 16.7. The van der Waals surface area contributed by atoms with Crippen LogP contribution in [0.1, 0.15) is 16.8 Å². The third kappa shape index (κ3) is 4.35. The molecule has 1 fully saturated rings. The molecular weight excluding hydrogens is 358 g/mol. The lowest BCUT2D eigenvalue weighted by molar-refractivity contribution is 0.0922. The van der Waals surface area contributed by atoms with Crippen LogP contribution in [0.4, 0.5) is 4.79 Å². The molecule has 1 aliphatic heterocycles. The Morgan fingerprint density at radius 1 is 1.12 bits per heavy atom. The molecule has 130 valence electrons. The molecule has 2 aromatic rings. The zero-order chi connectivity index (χ0) is 17.8. The van der Waals surface area contributed by atoms with Crippen molar-refractivity contribution in [3.05, 3.63) is 59.1 Å². The lowest BCUT2D eigenvalue weighted by atomic mass is 9.97. The van der Waals surface area contributed by atoms with Crippen LogP contribution in [0, 0.1) is 5.92 Å². The molecule has 3 rings (SSSR count). The van der Waals surface area contributed by atoms with Gasteiger partial charge in [-0.05, 0) is 49.1 Å². The van der Waals surface area contributed by atoms with Crippen molar-refractivity contribution in [3.63, 3.8) is 0 Å². The fraction of sp³-hybridized carbons (Fsp3) is 0.263. The summed E-state index contributed by atoms with van der Waals surface area (Å²) in [7, 11) is 0. The Labute approximate surface area is 156 Å². The quantitative estimate of drug-likeness (QED) is 0.570. The van der Waals surface area contributed by atoms with Gasteiger partial charge in [0, 0.05) is 34.5 Å². The Bertz CT molecular complexity index is 761. The van der Waals surface area contributed by atoms with Crippen LogP contribution in [0.25, 0.3) is 0 Å². The molecule has 0 spiro atoms. The van der Waals surface area contributed by atoms with Gasteiger partial charge < -0.3 is 9.64 Å². The van der Waals surface area contributed by atoms with Crippen molar-refractivity contribution in [2.75, 3.05) is 19.3 Å². The minimum absolute atomic E-state index is 0.0782. The topological polar surface area (TPSA) is 46.6 Å². The third-order valence-corrected chi connectivity index (χ3v) is 5.21. The smallest absolute Gasteiger partial charge is 0.410 e. The minimum Gasteiger partial charge on any atom is -0.410 e. The van der Waals surface area contributed by atoms with Crippen molar-refractivity contribution in [1.82, 2.24) is 4.90 Å². The van der Waals surface area contributed by atoms with Crippen LogP contribution in [0.5, 0.6) is 5.75 Å². The predicted molar refractivity (Wildman–Crippen MR) is 99.7 cm³/mol. The largest absolute Gasteiger partial charge is 0.415 e. The lowest BCUT2D eigenvalue weighted by Gasteiger charge is -2.16. The standard InChI is InChI=1S/C19H18ClNO3S/c1-25-17-8-2-13(3-9-17)18(22)14-10-11-21(12-14)19(23)24-16-6-4-15(20)5-7-16/h2-9,14H,10-12H2,1H3. The fourth-order valence-electron chi connectivity index (χ4n) is 2.80. The first kappa shape index (κ1) is 17.8. The monoisotopic (exact) mass is 375 g/mol. The summed E-state index contributed by atoms with van der Waals surface area (Å²) in [6.45, 7) is 0.904. The van der Waals surface area contributed by atoms with E-state index in [-0.39, 0.29) is 11.7 Å². The number of amides is 1. The van der Waals surface area contributed by atoms with Gasteiger partial charge in [0.15, 0.2) is 5.78 Å². The number of halogens is 1. The summed E-state index contributed by atoms with van der Waals surface area (Å²) in [4.78, 5) is 27.6. The van der Waals surface area contributed by atoms with Crippen molar-refractivity contribution >= 4 is 35.2 Å². The Morgan fingerprint density at radius 2 is 1.80 bits per heavy atom. The zero-order valence-corrected chi connectivity index (χ0v) is 15.3. The lowest BCUT2D eigenvalue weighted by Crippen LogP contribution is -2.32. The van der Waals surface area contributed by atoms with Crippen LogP contribution in [0.3, 0.4) is 0 Å². The van der Waals surface area contributed by atoms with Gasteiger partial charge in [-0.25, -0.2) is 4.79 Å². The van der Waals surface area contributed by atoms with E-state index in [9.17, 15) is 9.59 Å². The molecule has 2 aromatic carbocycles. The van der Waals surface area contributed by atoms with Gasteiger partial charge in [-0.2, -0.15) is 0 Å². The van der Waals surface area contributed by atoms with Crippen LogP contribution < -0.4 is 4.74 Å². The maximum absolute atomic E-state index is 12.6. The zero-order valence-electron chi connectivity index (χ0n) is 13.8. The molecule has 0 aromatic heterocycles. The summed E-state index contributed by atoms with van der Waals surface area (Å²) in [6, 6.07) is 14.2. The van der Waals surface area contributed by atoms with Gasteiger partial charge >= 0.3 is 6.09 Å². The Kier molecular flexibility index (Phi) is 5.66. The van der Waals surface area contributed by atoms with Gasteiger partial charge in [0.2, 0.25) is 0 Å². The number of rotatable bonds is 4. The first-order valence-electron chi connectivity index (χ1n) is 7.97. The molecule has 25 heavy (non-hydrogen) atoms. The van der Waals surface area contributed by atoms with Crippen LogP contribution in [0.2, 0.25) is 5.02 Å². The molecule has 0 bridgehead atoms. The number of benzene rings is 2. The number of Topliss-reactive ketones (excluding diaryl/α,β-unsaturated/α-hetero) is 1. The molecule has 0 saturated carbocycles. The summed E-state index contributed by atoms with van der Waals surface area (Å²) in [6.07, 6.45) is 2.21. The predicted octanol–water partition coefficient (Wildman–Crippen LogP) is 4.77. The molecule has 1 amide bonds. The molecule has 1 heterocycles. The molecule has 1 saturated heterocycles. The average molecular weight is 376 g/mol. The van der Waals surface area contributed by atoms with Crippen molar-refractivity contribution in [2.45, 2.75) is 11.3 Å².